The van der Waals surface area contributed by atoms with Crippen molar-refractivity contribution < 1.29 is 4.79 Å². The van der Waals surface area contributed by atoms with Crippen LogP contribution in [0.15, 0.2) is 24.3 Å². The molecule has 6 heteroatoms. The lowest BCUT2D eigenvalue weighted by Gasteiger charge is -2.28. The zero-order valence-corrected chi connectivity index (χ0v) is 16.0. The highest BCUT2D eigenvalue weighted by molar-refractivity contribution is 8.00. The number of imidazole rings is 1. The Balaban J connectivity index is 1.80. The summed E-state index contributed by atoms with van der Waals surface area (Å²) in [6.45, 7) is 8.03. The van der Waals surface area contributed by atoms with Crippen LogP contribution in [0.1, 0.15) is 31.8 Å². The molecule has 2 aromatic rings. The fourth-order valence-electron chi connectivity index (χ4n) is 2.75. The number of carbonyl (C=O) groups is 1. The van der Waals surface area contributed by atoms with Gasteiger partial charge in [0.05, 0.1) is 22.0 Å². The van der Waals surface area contributed by atoms with Gasteiger partial charge in [-0.3, -0.25) is 4.79 Å². The topological polar surface area (TPSA) is 61.0 Å². The Morgan fingerprint density at radius 1 is 1.38 bits per heavy atom. The van der Waals surface area contributed by atoms with Gasteiger partial charge in [0.1, 0.15) is 5.82 Å². The SMILES string of the molecule is CC(SCC(=O)NCC(C)(C)CN(C)C)c1nc2ccccc2[nH]1. The Bertz CT molecular complexity index is 647. The molecule has 0 fully saturated rings. The van der Waals surface area contributed by atoms with Crippen LogP contribution in [0.4, 0.5) is 0 Å². The highest BCUT2D eigenvalue weighted by Crippen LogP contribution is 2.27. The number of para-hydroxylation sites is 2. The average Bonchev–Trinajstić information content (AvgIpc) is 2.93. The molecule has 0 bridgehead atoms. The number of rotatable bonds is 8. The van der Waals surface area contributed by atoms with Crippen molar-refractivity contribution in [1.29, 1.82) is 0 Å². The maximum atomic E-state index is 12.1. The van der Waals surface area contributed by atoms with Gasteiger partial charge in [0.25, 0.3) is 0 Å². The molecule has 0 spiro atoms. The lowest BCUT2D eigenvalue weighted by Crippen LogP contribution is -2.40. The molecule has 0 saturated carbocycles. The second-order valence-electron chi connectivity index (χ2n) is 7.27. The lowest BCUT2D eigenvalue weighted by molar-refractivity contribution is -0.119. The Hall–Kier alpha value is -1.53. The molecule has 1 atom stereocenters. The minimum absolute atomic E-state index is 0.0637. The van der Waals surface area contributed by atoms with E-state index in [1.54, 1.807) is 11.8 Å². The summed E-state index contributed by atoms with van der Waals surface area (Å²) >= 11 is 1.60. The minimum Gasteiger partial charge on any atom is -0.355 e. The molecule has 1 aromatic carbocycles. The van der Waals surface area contributed by atoms with E-state index in [2.05, 4.69) is 55.1 Å². The third kappa shape index (κ3) is 5.53. The van der Waals surface area contributed by atoms with E-state index >= 15 is 0 Å². The number of thioether (sulfide) groups is 1. The van der Waals surface area contributed by atoms with Gasteiger partial charge < -0.3 is 15.2 Å². The third-order valence-electron chi connectivity index (χ3n) is 3.77. The molecule has 1 unspecified atom stereocenters. The normalized spacial score (nSPS) is 13.4. The molecule has 0 aliphatic carbocycles. The molecule has 132 valence electrons. The number of aromatic amines is 1. The number of amides is 1. The van der Waals surface area contributed by atoms with Gasteiger partial charge in [0.15, 0.2) is 0 Å². The largest absolute Gasteiger partial charge is 0.355 e. The van der Waals surface area contributed by atoms with E-state index in [0.29, 0.717) is 12.3 Å². The summed E-state index contributed by atoms with van der Waals surface area (Å²) < 4.78 is 0. The smallest absolute Gasteiger partial charge is 0.230 e. The number of nitrogens with one attached hydrogen (secondary N) is 2. The predicted octanol–water partition coefficient (Wildman–Crippen LogP) is 3.06. The number of hydrogen-bond acceptors (Lipinski definition) is 4. The van der Waals surface area contributed by atoms with Crippen molar-refractivity contribution in [3.8, 4) is 0 Å². The lowest BCUT2D eigenvalue weighted by atomic mass is 9.93. The highest BCUT2D eigenvalue weighted by atomic mass is 32.2. The Morgan fingerprint density at radius 3 is 2.75 bits per heavy atom. The van der Waals surface area contributed by atoms with E-state index in [1.165, 1.54) is 0 Å². The summed E-state index contributed by atoms with van der Waals surface area (Å²) in [7, 11) is 4.10. The maximum Gasteiger partial charge on any atom is 0.230 e. The first-order chi connectivity index (χ1) is 11.3. The zero-order valence-electron chi connectivity index (χ0n) is 15.2. The molecule has 5 nitrogen and oxygen atoms in total. The molecular weight excluding hydrogens is 320 g/mol. The summed E-state index contributed by atoms with van der Waals surface area (Å²) in [4.78, 5) is 22.2. The summed E-state index contributed by atoms with van der Waals surface area (Å²) in [6, 6.07) is 7.98. The van der Waals surface area contributed by atoms with Crippen molar-refractivity contribution in [3.63, 3.8) is 0 Å². The number of nitrogens with zero attached hydrogens (tertiary/aromatic N) is 2. The van der Waals surface area contributed by atoms with Crippen LogP contribution in [0.5, 0.6) is 0 Å². The van der Waals surface area contributed by atoms with Crippen LogP contribution in [-0.2, 0) is 4.79 Å². The van der Waals surface area contributed by atoms with Crippen molar-refractivity contribution in [1.82, 2.24) is 20.2 Å². The van der Waals surface area contributed by atoms with E-state index in [0.717, 1.165) is 23.4 Å². The van der Waals surface area contributed by atoms with Gasteiger partial charge in [-0.25, -0.2) is 4.98 Å². The number of H-pyrrole nitrogens is 1. The Labute approximate surface area is 148 Å². The quantitative estimate of drug-likeness (QED) is 0.770. The Kier molecular flexibility index (Phi) is 6.29. The first-order valence-electron chi connectivity index (χ1n) is 8.24. The number of fused-ring (bicyclic) bond motifs is 1. The molecule has 2 rings (SSSR count). The first-order valence-corrected chi connectivity index (χ1v) is 9.29. The van der Waals surface area contributed by atoms with Crippen LogP contribution in [0.25, 0.3) is 11.0 Å². The fraction of sp³-hybridized carbons (Fsp3) is 0.556. The fourth-order valence-corrected chi connectivity index (χ4v) is 3.52. The van der Waals surface area contributed by atoms with Gasteiger partial charge >= 0.3 is 0 Å². The van der Waals surface area contributed by atoms with E-state index in [1.807, 2.05) is 24.3 Å². The van der Waals surface area contributed by atoms with Gasteiger partial charge in [-0.05, 0) is 38.6 Å². The third-order valence-corrected chi connectivity index (χ3v) is 4.92. The molecule has 24 heavy (non-hydrogen) atoms. The van der Waals surface area contributed by atoms with Gasteiger partial charge in [0.2, 0.25) is 5.91 Å². The van der Waals surface area contributed by atoms with Crippen LogP contribution >= 0.6 is 11.8 Å². The van der Waals surface area contributed by atoms with Crippen molar-refractivity contribution in [2.45, 2.75) is 26.0 Å². The summed E-state index contributed by atoms with van der Waals surface area (Å²) in [5.74, 6) is 1.44. The highest BCUT2D eigenvalue weighted by Gasteiger charge is 2.20. The van der Waals surface area contributed by atoms with Crippen LogP contribution in [0, 0.1) is 5.41 Å². The monoisotopic (exact) mass is 348 g/mol. The average molecular weight is 349 g/mol. The molecule has 2 N–H and O–H groups in total. The first kappa shape index (κ1) is 18.8. The van der Waals surface area contributed by atoms with Crippen LogP contribution in [-0.4, -0.2) is 53.7 Å². The van der Waals surface area contributed by atoms with Crippen LogP contribution in [0.2, 0.25) is 0 Å². The van der Waals surface area contributed by atoms with E-state index in [9.17, 15) is 4.79 Å². The van der Waals surface area contributed by atoms with E-state index < -0.39 is 0 Å². The molecule has 0 aliphatic heterocycles. The molecule has 0 saturated heterocycles. The number of hydrogen-bond donors (Lipinski definition) is 2. The summed E-state index contributed by atoms with van der Waals surface area (Å²) in [5.41, 5.74) is 2.07. The number of aromatic nitrogens is 2. The van der Waals surface area contributed by atoms with Crippen molar-refractivity contribution in [2.75, 3.05) is 32.9 Å². The molecule has 0 aliphatic rings. The molecule has 1 amide bonds. The maximum absolute atomic E-state index is 12.1. The van der Waals surface area contributed by atoms with Crippen LogP contribution < -0.4 is 5.32 Å². The minimum atomic E-state index is 0.0637. The molecule has 0 radical (unpaired) electrons. The van der Waals surface area contributed by atoms with Crippen molar-refractivity contribution >= 4 is 28.7 Å². The van der Waals surface area contributed by atoms with E-state index in [4.69, 9.17) is 0 Å². The van der Waals surface area contributed by atoms with Gasteiger partial charge in [-0.15, -0.1) is 11.8 Å². The molecular formula is C18H28N4OS. The predicted molar refractivity (Wildman–Crippen MR) is 102 cm³/mol. The van der Waals surface area contributed by atoms with Gasteiger partial charge in [0, 0.05) is 13.1 Å². The number of carbonyl (C=O) groups excluding carboxylic acids is 1. The molecule has 1 heterocycles. The summed E-state index contributed by atoms with van der Waals surface area (Å²) in [6.07, 6.45) is 0. The second kappa shape index (κ2) is 8.03. The Morgan fingerprint density at radius 2 is 2.08 bits per heavy atom. The number of benzene rings is 1. The second-order valence-corrected chi connectivity index (χ2v) is 8.60. The standard InChI is InChI=1S/C18H28N4OS/c1-13(17-20-14-8-6-7-9-15(14)21-17)24-10-16(23)19-11-18(2,3)12-22(4)5/h6-9,13H,10-12H2,1-5H3,(H,19,23)(H,20,21). The van der Waals surface area contributed by atoms with Crippen LogP contribution in [0.3, 0.4) is 0 Å². The molecule has 1 aromatic heterocycles. The van der Waals surface area contributed by atoms with Gasteiger partial charge in [-0.2, -0.15) is 0 Å². The van der Waals surface area contributed by atoms with E-state index in [-0.39, 0.29) is 16.6 Å². The summed E-state index contributed by atoms with van der Waals surface area (Å²) in [5, 5.41) is 3.20. The zero-order chi connectivity index (χ0) is 17.7. The van der Waals surface area contributed by atoms with Gasteiger partial charge in [-0.1, -0.05) is 26.0 Å². The van der Waals surface area contributed by atoms with Crippen molar-refractivity contribution in [3.05, 3.63) is 30.1 Å². The van der Waals surface area contributed by atoms with Crippen molar-refractivity contribution in [2.24, 2.45) is 5.41 Å².